The molecule has 132 valence electrons. The van der Waals surface area contributed by atoms with Crippen molar-refractivity contribution in [2.45, 2.75) is 65.0 Å². The molecule has 1 heterocycles. The van der Waals surface area contributed by atoms with Crippen molar-refractivity contribution in [3.63, 3.8) is 0 Å². The molecule has 7 heteroatoms. The number of ether oxygens (including phenoxy) is 2. The lowest BCUT2D eigenvalue weighted by Gasteiger charge is -2.35. The second-order valence-electron chi connectivity index (χ2n) is 7.07. The first-order chi connectivity index (χ1) is 10.5. The monoisotopic (exact) mass is 327 g/mol. The van der Waals surface area contributed by atoms with Crippen molar-refractivity contribution in [1.29, 1.82) is 0 Å². The van der Waals surface area contributed by atoms with Gasteiger partial charge in [0.2, 0.25) is 0 Å². The number of carbonyl (C=O) groups is 2. The Kier molecular flexibility index (Phi) is 6.04. The summed E-state index contributed by atoms with van der Waals surface area (Å²) in [5, 5.41) is 5.38. The van der Waals surface area contributed by atoms with Gasteiger partial charge >= 0.3 is 12.1 Å². The third-order valence-corrected chi connectivity index (χ3v) is 3.40. The topological polar surface area (TPSA) is 79.9 Å². The highest BCUT2D eigenvalue weighted by Crippen LogP contribution is 2.33. The van der Waals surface area contributed by atoms with Crippen molar-refractivity contribution in [3.05, 3.63) is 12.7 Å². The maximum Gasteiger partial charge on any atom is 0.412 e. The summed E-state index contributed by atoms with van der Waals surface area (Å²) in [6, 6.07) is -0.625. The summed E-state index contributed by atoms with van der Waals surface area (Å²) in [6.07, 6.45) is 0.916. The van der Waals surface area contributed by atoms with Crippen LogP contribution in [0.2, 0.25) is 0 Å². The highest BCUT2D eigenvalue weighted by molar-refractivity contribution is 5.74. The Balaban J connectivity index is 2.79. The minimum Gasteiger partial charge on any atom is -0.444 e. The van der Waals surface area contributed by atoms with E-state index < -0.39 is 17.4 Å². The Labute approximate surface area is 138 Å². The van der Waals surface area contributed by atoms with Crippen LogP contribution in [0, 0.1) is 0 Å². The summed E-state index contributed by atoms with van der Waals surface area (Å²) in [4.78, 5) is 25.8. The molecule has 2 N–H and O–H groups in total. The SMILES string of the molecule is C=CCNC(=O)NC[C@H]1[C@@H](C)OC(C)(C)N1C(=O)OC(C)(C)C. The fourth-order valence-electron chi connectivity index (χ4n) is 2.55. The largest absolute Gasteiger partial charge is 0.444 e. The molecule has 0 aromatic heterocycles. The van der Waals surface area contributed by atoms with Gasteiger partial charge in [-0.05, 0) is 41.5 Å². The van der Waals surface area contributed by atoms with Crippen LogP contribution in [-0.2, 0) is 9.47 Å². The number of nitrogens with one attached hydrogen (secondary N) is 2. The fourth-order valence-corrected chi connectivity index (χ4v) is 2.55. The number of hydrogen-bond donors (Lipinski definition) is 2. The number of rotatable bonds is 4. The first kappa shape index (κ1) is 19.3. The van der Waals surface area contributed by atoms with Crippen LogP contribution in [0.15, 0.2) is 12.7 Å². The van der Waals surface area contributed by atoms with Crippen LogP contribution >= 0.6 is 0 Å². The van der Waals surface area contributed by atoms with E-state index in [1.54, 1.807) is 11.0 Å². The Morgan fingerprint density at radius 1 is 1.35 bits per heavy atom. The van der Waals surface area contributed by atoms with Crippen LogP contribution in [-0.4, -0.2) is 53.6 Å². The highest BCUT2D eigenvalue weighted by Gasteiger charge is 2.49. The van der Waals surface area contributed by atoms with Crippen LogP contribution in [0.3, 0.4) is 0 Å². The molecule has 0 radical (unpaired) electrons. The van der Waals surface area contributed by atoms with E-state index in [1.165, 1.54) is 0 Å². The van der Waals surface area contributed by atoms with E-state index in [-0.39, 0.29) is 24.7 Å². The lowest BCUT2D eigenvalue weighted by molar-refractivity contribution is -0.0756. The van der Waals surface area contributed by atoms with Crippen molar-refractivity contribution in [2.75, 3.05) is 13.1 Å². The summed E-state index contributed by atoms with van der Waals surface area (Å²) in [5.74, 6) is 0. The van der Waals surface area contributed by atoms with E-state index in [2.05, 4.69) is 17.2 Å². The number of nitrogens with zero attached hydrogens (tertiary/aromatic N) is 1. The lowest BCUT2D eigenvalue weighted by Crippen LogP contribution is -2.54. The van der Waals surface area contributed by atoms with E-state index >= 15 is 0 Å². The van der Waals surface area contributed by atoms with Gasteiger partial charge in [0, 0.05) is 13.1 Å². The summed E-state index contributed by atoms with van der Waals surface area (Å²) >= 11 is 0. The van der Waals surface area contributed by atoms with Gasteiger partial charge in [-0.3, -0.25) is 4.90 Å². The molecular formula is C16H29N3O4. The van der Waals surface area contributed by atoms with Crippen molar-refractivity contribution in [3.8, 4) is 0 Å². The van der Waals surface area contributed by atoms with Crippen molar-refractivity contribution in [2.24, 2.45) is 0 Å². The quantitative estimate of drug-likeness (QED) is 0.776. The van der Waals surface area contributed by atoms with Crippen LogP contribution in [0.25, 0.3) is 0 Å². The highest BCUT2D eigenvalue weighted by atomic mass is 16.6. The smallest absolute Gasteiger partial charge is 0.412 e. The maximum atomic E-state index is 12.5. The van der Waals surface area contributed by atoms with Gasteiger partial charge in [-0.1, -0.05) is 6.08 Å². The van der Waals surface area contributed by atoms with Gasteiger partial charge in [0.15, 0.2) is 0 Å². The molecule has 0 saturated carbocycles. The normalized spacial score (nSPS) is 23.3. The third kappa shape index (κ3) is 5.42. The van der Waals surface area contributed by atoms with Crippen molar-refractivity contribution in [1.82, 2.24) is 15.5 Å². The van der Waals surface area contributed by atoms with Crippen molar-refractivity contribution < 1.29 is 19.1 Å². The molecule has 0 unspecified atom stereocenters. The van der Waals surface area contributed by atoms with E-state index in [1.807, 2.05) is 41.5 Å². The first-order valence-corrected chi connectivity index (χ1v) is 7.80. The molecule has 0 aromatic carbocycles. The molecule has 2 atom stereocenters. The van der Waals surface area contributed by atoms with E-state index in [4.69, 9.17) is 9.47 Å². The first-order valence-electron chi connectivity index (χ1n) is 7.80. The van der Waals surface area contributed by atoms with Gasteiger partial charge in [0.1, 0.15) is 11.3 Å². The van der Waals surface area contributed by atoms with Crippen molar-refractivity contribution >= 4 is 12.1 Å². The summed E-state index contributed by atoms with van der Waals surface area (Å²) in [7, 11) is 0. The molecular weight excluding hydrogens is 298 g/mol. The Hall–Kier alpha value is -1.76. The van der Waals surface area contributed by atoms with E-state index in [0.29, 0.717) is 6.54 Å². The van der Waals surface area contributed by atoms with E-state index in [9.17, 15) is 9.59 Å². The average Bonchev–Trinajstić information content (AvgIpc) is 2.60. The average molecular weight is 327 g/mol. The van der Waals surface area contributed by atoms with Gasteiger partial charge in [-0.2, -0.15) is 0 Å². The predicted molar refractivity (Wildman–Crippen MR) is 88.1 cm³/mol. The molecule has 7 nitrogen and oxygen atoms in total. The number of carbonyl (C=O) groups excluding carboxylic acids is 2. The molecule has 1 rings (SSSR count). The number of hydrogen-bond acceptors (Lipinski definition) is 4. The maximum absolute atomic E-state index is 12.5. The van der Waals surface area contributed by atoms with Gasteiger partial charge in [-0.25, -0.2) is 9.59 Å². The van der Waals surface area contributed by atoms with Crippen LogP contribution in [0.1, 0.15) is 41.5 Å². The second kappa shape index (κ2) is 7.21. The summed E-state index contributed by atoms with van der Waals surface area (Å²) in [5.41, 5.74) is -1.40. The minimum atomic E-state index is -0.800. The van der Waals surface area contributed by atoms with Gasteiger partial charge in [-0.15, -0.1) is 6.58 Å². The Bertz CT molecular complexity index is 457. The number of amides is 3. The third-order valence-electron chi connectivity index (χ3n) is 3.40. The van der Waals surface area contributed by atoms with Crippen LogP contribution < -0.4 is 10.6 Å². The zero-order valence-corrected chi connectivity index (χ0v) is 14.9. The molecule has 0 bridgehead atoms. The summed E-state index contributed by atoms with van der Waals surface area (Å²) in [6.45, 7) is 15.1. The van der Waals surface area contributed by atoms with Gasteiger partial charge in [0.05, 0.1) is 12.1 Å². The molecule has 1 fully saturated rings. The molecule has 1 aliphatic heterocycles. The minimum absolute atomic E-state index is 0.225. The standard InChI is InChI=1S/C16H29N3O4/c1-8-9-17-13(20)18-10-12-11(2)22-16(6,7)19(12)14(21)23-15(3,4)5/h8,11-12H,1,9-10H2,2-7H3,(H2,17,18,20)/t11-,12+/m1/s1. The Morgan fingerprint density at radius 3 is 2.48 bits per heavy atom. The molecule has 23 heavy (non-hydrogen) atoms. The molecule has 3 amide bonds. The zero-order valence-electron chi connectivity index (χ0n) is 14.9. The second-order valence-corrected chi connectivity index (χ2v) is 7.07. The number of urea groups is 1. The summed E-state index contributed by atoms with van der Waals surface area (Å²) < 4.78 is 11.3. The molecule has 1 aliphatic rings. The molecule has 1 saturated heterocycles. The van der Waals surface area contributed by atoms with E-state index in [0.717, 1.165) is 0 Å². The lowest BCUT2D eigenvalue weighted by atomic mass is 10.1. The Morgan fingerprint density at radius 2 is 1.96 bits per heavy atom. The molecule has 0 aliphatic carbocycles. The zero-order chi connectivity index (χ0) is 17.8. The van der Waals surface area contributed by atoms with Crippen LogP contribution in [0.5, 0.6) is 0 Å². The molecule has 0 aromatic rings. The van der Waals surface area contributed by atoms with Gasteiger partial charge in [0.25, 0.3) is 0 Å². The molecule has 0 spiro atoms. The van der Waals surface area contributed by atoms with Gasteiger partial charge < -0.3 is 20.1 Å². The van der Waals surface area contributed by atoms with Crippen LogP contribution in [0.4, 0.5) is 9.59 Å². The predicted octanol–water partition coefficient (Wildman–Crippen LogP) is 2.23. The fraction of sp³-hybridized carbons (Fsp3) is 0.750.